The number of nitrogen functional groups attached to an aromatic ring is 1. The van der Waals surface area contributed by atoms with Crippen LogP contribution in [0.2, 0.25) is 0 Å². The van der Waals surface area contributed by atoms with Crippen LogP contribution in [0.5, 0.6) is 0 Å². The molecule has 0 fully saturated rings. The molecule has 3 N–H and O–H groups in total. The first-order valence-corrected chi connectivity index (χ1v) is 7.18. The number of sulfonamides is 1. The minimum Gasteiger partial charge on any atom is -0.398 e. The van der Waals surface area contributed by atoms with Crippen molar-refractivity contribution in [3.8, 4) is 0 Å². The third-order valence-electron chi connectivity index (χ3n) is 2.91. The van der Waals surface area contributed by atoms with Crippen LogP contribution in [0, 0.1) is 13.8 Å². The van der Waals surface area contributed by atoms with E-state index in [1.54, 1.807) is 31.2 Å². The van der Waals surface area contributed by atoms with Crippen molar-refractivity contribution in [2.24, 2.45) is 0 Å². The average Bonchev–Trinajstić information content (AvgIpc) is 2.35. The van der Waals surface area contributed by atoms with Crippen LogP contribution in [0.1, 0.15) is 11.1 Å². The summed E-state index contributed by atoms with van der Waals surface area (Å²) in [5, 5.41) is 0. The Hall–Kier alpha value is -2.08. The molecule has 1 aromatic heterocycles. The van der Waals surface area contributed by atoms with Gasteiger partial charge in [0.05, 0.1) is 11.4 Å². The summed E-state index contributed by atoms with van der Waals surface area (Å²) in [5.41, 5.74) is 8.03. The number of nitrogens with one attached hydrogen (secondary N) is 1. The van der Waals surface area contributed by atoms with E-state index in [1.807, 2.05) is 6.92 Å². The molecule has 0 saturated heterocycles. The molecule has 0 bridgehead atoms. The van der Waals surface area contributed by atoms with Crippen molar-refractivity contribution in [1.29, 1.82) is 0 Å². The third kappa shape index (κ3) is 2.68. The van der Waals surface area contributed by atoms with E-state index in [1.165, 1.54) is 12.4 Å². The summed E-state index contributed by atoms with van der Waals surface area (Å²) in [7, 11) is -3.70. The predicted octanol–water partition coefficient (Wildman–Crippen LogP) is 2.08. The average molecular weight is 277 g/mol. The number of hydrogen-bond donors (Lipinski definition) is 2. The molecule has 0 amide bonds. The molecular formula is C13H15N3O2S. The third-order valence-corrected chi connectivity index (χ3v) is 4.49. The summed E-state index contributed by atoms with van der Waals surface area (Å²) in [6.07, 6.45) is 3.04. The predicted molar refractivity (Wildman–Crippen MR) is 75.4 cm³/mol. The van der Waals surface area contributed by atoms with E-state index >= 15 is 0 Å². The van der Waals surface area contributed by atoms with Gasteiger partial charge >= 0.3 is 0 Å². The number of nitrogens with two attached hydrogens (primary N) is 1. The van der Waals surface area contributed by atoms with E-state index in [0.29, 0.717) is 11.3 Å². The van der Waals surface area contributed by atoms with Crippen LogP contribution in [-0.4, -0.2) is 13.4 Å². The fraction of sp³-hybridized carbons (Fsp3) is 0.154. The Bertz CT molecular complexity index is 697. The molecule has 5 nitrogen and oxygen atoms in total. The van der Waals surface area contributed by atoms with Gasteiger partial charge in [0.2, 0.25) is 0 Å². The quantitative estimate of drug-likeness (QED) is 0.841. The molecule has 0 atom stereocenters. The fourth-order valence-electron chi connectivity index (χ4n) is 1.79. The molecule has 0 radical (unpaired) electrons. The SMILES string of the molecule is Cc1ccc(N)c(S(=O)(=O)Nc2ccncc2)c1C. The maximum absolute atomic E-state index is 12.4. The molecule has 100 valence electrons. The van der Waals surface area contributed by atoms with Gasteiger partial charge in [-0.2, -0.15) is 0 Å². The zero-order valence-corrected chi connectivity index (χ0v) is 11.5. The van der Waals surface area contributed by atoms with Crippen LogP contribution < -0.4 is 10.5 Å². The van der Waals surface area contributed by atoms with Gasteiger partial charge in [0.1, 0.15) is 4.90 Å². The van der Waals surface area contributed by atoms with Gasteiger partial charge in [-0.1, -0.05) is 6.07 Å². The smallest absolute Gasteiger partial charge is 0.264 e. The van der Waals surface area contributed by atoms with Crippen LogP contribution in [0.4, 0.5) is 11.4 Å². The van der Waals surface area contributed by atoms with Crippen LogP contribution in [0.3, 0.4) is 0 Å². The largest absolute Gasteiger partial charge is 0.398 e. The zero-order valence-electron chi connectivity index (χ0n) is 10.7. The normalized spacial score (nSPS) is 11.3. The van der Waals surface area contributed by atoms with Gasteiger partial charge in [-0.3, -0.25) is 9.71 Å². The van der Waals surface area contributed by atoms with E-state index in [4.69, 9.17) is 5.73 Å². The Kier molecular flexibility index (Phi) is 3.44. The molecule has 0 aliphatic carbocycles. The van der Waals surface area contributed by atoms with Gasteiger partial charge in [-0.05, 0) is 43.2 Å². The van der Waals surface area contributed by atoms with E-state index in [9.17, 15) is 8.42 Å². The van der Waals surface area contributed by atoms with Gasteiger partial charge in [0.25, 0.3) is 10.0 Å². The highest BCUT2D eigenvalue weighted by Gasteiger charge is 2.21. The van der Waals surface area contributed by atoms with Crippen LogP contribution in [0.25, 0.3) is 0 Å². The van der Waals surface area contributed by atoms with Crippen molar-refractivity contribution in [1.82, 2.24) is 4.98 Å². The number of benzene rings is 1. The molecular weight excluding hydrogens is 262 g/mol. The number of pyridine rings is 1. The fourth-order valence-corrected chi connectivity index (χ4v) is 3.28. The molecule has 2 rings (SSSR count). The lowest BCUT2D eigenvalue weighted by Gasteiger charge is -2.14. The van der Waals surface area contributed by atoms with Crippen LogP contribution in [-0.2, 0) is 10.0 Å². The molecule has 0 spiro atoms. The Morgan fingerprint density at radius 3 is 2.37 bits per heavy atom. The molecule has 6 heteroatoms. The van der Waals surface area contributed by atoms with Crippen molar-refractivity contribution in [2.75, 3.05) is 10.5 Å². The Morgan fingerprint density at radius 1 is 1.11 bits per heavy atom. The first-order valence-electron chi connectivity index (χ1n) is 5.70. The number of aryl methyl sites for hydroxylation is 1. The van der Waals surface area contributed by atoms with Gasteiger partial charge in [-0.15, -0.1) is 0 Å². The number of anilines is 2. The maximum atomic E-state index is 12.4. The lowest BCUT2D eigenvalue weighted by Crippen LogP contribution is -2.16. The van der Waals surface area contributed by atoms with Crippen molar-refractivity contribution in [2.45, 2.75) is 18.7 Å². The van der Waals surface area contributed by atoms with Crippen molar-refractivity contribution < 1.29 is 8.42 Å². The topological polar surface area (TPSA) is 85.1 Å². The summed E-state index contributed by atoms with van der Waals surface area (Å²) in [6.45, 7) is 3.59. The van der Waals surface area contributed by atoms with E-state index in [-0.39, 0.29) is 10.6 Å². The van der Waals surface area contributed by atoms with Crippen molar-refractivity contribution >= 4 is 21.4 Å². The molecule has 0 aliphatic heterocycles. The van der Waals surface area contributed by atoms with Crippen molar-refractivity contribution in [3.63, 3.8) is 0 Å². The Balaban J connectivity index is 2.49. The summed E-state index contributed by atoms with van der Waals surface area (Å²) in [6, 6.07) is 6.57. The van der Waals surface area contributed by atoms with Crippen LogP contribution in [0.15, 0.2) is 41.6 Å². The molecule has 19 heavy (non-hydrogen) atoms. The Morgan fingerprint density at radius 2 is 1.74 bits per heavy atom. The minimum atomic E-state index is -3.70. The number of nitrogens with zero attached hydrogens (tertiary/aromatic N) is 1. The second-order valence-corrected chi connectivity index (χ2v) is 5.89. The monoisotopic (exact) mass is 277 g/mol. The number of aromatic nitrogens is 1. The molecule has 0 aliphatic rings. The zero-order chi connectivity index (χ0) is 14.0. The standard InChI is InChI=1S/C13H15N3O2S/c1-9-3-4-12(14)13(10(9)2)19(17,18)16-11-5-7-15-8-6-11/h3-8H,14H2,1-2H3,(H,15,16). The number of rotatable bonds is 3. The van der Waals surface area contributed by atoms with Crippen molar-refractivity contribution in [3.05, 3.63) is 47.8 Å². The minimum absolute atomic E-state index is 0.129. The summed E-state index contributed by atoms with van der Waals surface area (Å²) in [4.78, 5) is 3.97. The van der Waals surface area contributed by atoms with E-state index < -0.39 is 10.0 Å². The molecule has 1 aromatic carbocycles. The lowest BCUT2D eigenvalue weighted by atomic mass is 10.1. The highest BCUT2D eigenvalue weighted by atomic mass is 32.2. The summed E-state index contributed by atoms with van der Waals surface area (Å²) < 4.78 is 27.3. The van der Waals surface area contributed by atoms with Gasteiger partial charge in [0, 0.05) is 12.4 Å². The summed E-state index contributed by atoms with van der Waals surface area (Å²) >= 11 is 0. The molecule has 0 unspecified atom stereocenters. The van der Waals surface area contributed by atoms with Gasteiger partial charge < -0.3 is 5.73 Å². The molecule has 0 saturated carbocycles. The highest BCUT2D eigenvalue weighted by Crippen LogP contribution is 2.27. The van der Waals surface area contributed by atoms with Crippen LogP contribution >= 0.6 is 0 Å². The Labute approximate surface area is 112 Å². The second-order valence-electron chi connectivity index (χ2n) is 4.27. The second kappa shape index (κ2) is 4.89. The number of hydrogen-bond acceptors (Lipinski definition) is 4. The van der Waals surface area contributed by atoms with E-state index in [0.717, 1.165) is 5.56 Å². The summed E-state index contributed by atoms with van der Waals surface area (Å²) in [5.74, 6) is 0. The highest BCUT2D eigenvalue weighted by molar-refractivity contribution is 7.93. The first-order chi connectivity index (χ1) is 8.92. The van der Waals surface area contributed by atoms with Gasteiger partial charge in [0.15, 0.2) is 0 Å². The van der Waals surface area contributed by atoms with E-state index in [2.05, 4.69) is 9.71 Å². The van der Waals surface area contributed by atoms with Gasteiger partial charge in [-0.25, -0.2) is 8.42 Å². The lowest BCUT2D eigenvalue weighted by molar-refractivity contribution is 0.601. The molecule has 2 aromatic rings. The first kappa shape index (κ1) is 13.4. The maximum Gasteiger partial charge on any atom is 0.264 e. The molecule has 1 heterocycles.